The van der Waals surface area contributed by atoms with Gasteiger partial charge in [-0.05, 0) is 44.2 Å². The molecule has 1 aliphatic rings. The minimum Gasteiger partial charge on any atom is -0.339 e. The van der Waals surface area contributed by atoms with Gasteiger partial charge >= 0.3 is 0 Å². The lowest BCUT2D eigenvalue weighted by Crippen LogP contribution is -2.36. The van der Waals surface area contributed by atoms with Gasteiger partial charge in [0.25, 0.3) is 5.91 Å². The first-order valence-corrected chi connectivity index (χ1v) is 5.99. The summed E-state index contributed by atoms with van der Waals surface area (Å²) in [6.07, 6.45) is 4.20. The van der Waals surface area contributed by atoms with Crippen molar-refractivity contribution >= 4 is 5.91 Å². The molecule has 0 aliphatic carbocycles. The fraction of sp³-hybridized carbons (Fsp3) is 0.429. The normalized spacial score (nSPS) is 16.2. The van der Waals surface area contributed by atoms with Crippen LogP contribution in [0.4, 0.5) is 0 Å². The Labute approximate surface area is 97.3 Å². The van der Waals surface area contributed by atoms with Gasteiger partial charge in [-0.2, -0.15) is 0 Å². The molecular formula is C14H18NO. The monoisotopic (exact) mass is 216 g/mol. The second-order valence-electron chi connectivity index (χ2n) is 4.26. The van der Waals surface area contributed by atoms with Crippen LogP contribution in [0.25, 0.3) is 0 Å². The summed E-state index contributed by atoms with van der Waals surface area (Å²) in [5.41, 5.74) is 1.89. The Hall–Kier alpha value is -1.31. The van der Waals surface area contributed by atoms with Gasteiger partial charge in [0.2, 0.25) is 0 Å². The highest BCUT2D eigenvalue weighted by molar-refractivity contribution is 5.95. The number of carbonyl (C=O) groups is 1. The molecule has 2 nitrogen and oxygen atoms in total. The second kappa shape index (κ2) is 5.15. The first kappa shape index (κ1) is 11.2. The molecule has 2 heteroatoms. The van der Waals surface area contributed by atoms with Crippen LogP contribution in [0.15, 0.2) is 24.3 Å². The average Bonchev–Trinajstić information content (AvgIpc) is 2.39. The molecule has 0 atom stereocenters. The Morgan fingerprint density at radius 1 is 1.19 bits per heavy atom. The summed E-state index contributed by atoms with van der Waals surface area (Å²) in [4.78, 5) is 14.2. The smallest absolute Gasteiger partial charge is 0.254 e. The van der Waals surface area contributed by atoms with Crippen molar-refractivity contribution in [3.05, 3.63) is 42.3 Å². The molecule has 85 valence electrons. The summed E-state index contributed by atoms with van der Waals surface area (Å²) in [5.74, 6) is 0.180. The van der Waals surface area contributed by atoms with E-state index in [0.717, 1.165) is 37.1 Å². The number of rotatable bonds is 2. The van der Waals surface area contributed by atoms with E-state index in [1.54, 1.807) is 0 Å². The SMILES string of the molecule is [CH2]Cc1ccccc1C(=O)N1CCCCC1. The number of hydrogen-bond acceptors (Lipinski definition) is 1. The van der Waals surface area contributed by atoms with E-state index in [1.807, 2.05) is 29.2 Å². The van der Waals surface area contributed by atoms with Crippen molar-refractivity contribution in [3.63, 3.8) is 0 Å². The van der Waals surface area contributed by atoms with Gasteiger partial charge in [0.1, 0.15) is 0 Å². The molecule has 0 N–H and O–H groups in total. The van der Waals surface area contributed by atoms with Crippen LogP contribution in [-0.4, -0.2) is 23.9 Å². The fourth-order valence-electron chi connectivity index (χ4n) is 2.21. The highest BCUT2D eigenvalue weighted by Gasteiger charge is 2.19. The number of hydrogen-bond donors (Lipinski definition) is 0. The van der Waals surface area contributed by atoms with Gasteiger partial charge in [-0.3, -0.25) is 4.79 Å². The Morgan fingerprint density at radius 2 is 1.88 bits per heavy atom. The van der Waals surface area contributed by atoms with Gasteiger partial charge < -0.3 is 4.90 Å². The maximum Gasteiger partial charge on any atom is 0.254 e. The lowest BCUT2D eigenvalue weighted by atomic mass is 10.0. The number of nitrogens with zero attached hydrogens (tertiary/aromatic N) is 1. The van der Waals surface area contributed by atoms with Crippen molar-refractivity contribution in [2.24, 2.45) is 0 Å². The van der Waals surface area contributed by atoms with Crippen LogP contribution >= 0.6 is 0 Å². The Kier molecular flexibility index (Phi) is 3.60. The first-order chi connectivity index (χ1) is 7.83. The second-order valence-corrected chi connectivity index (χ2v) is 4.26. The lowest BCUT2D eigenvalue weighted by molar-refractivity contribution is 0.0723. The molecular weight excluding hydrogens is 198 g/mol. The fourth-order valence-corrected chi connectivity index (χ4v) is 2.21. The molecule has 16 heavy (non-hydrogen) atoms. The van der Waals surface area contributed by atoms with Crippen LogP contribution in [0, 0.1) is 6.92 Å². The molecule has 1 heterocycles. The molecule has 1 amide bonds. The van der Waals surface area contributed by atoms with Crippen molar-refractivity contribution in [2.75, 3.05) is 13.1 Å². The molecule has 0 unspecified atom stereocenters. The average molecular weight is 216 g/mol. The lowest BCUT2D eigenvalue weighted by Gasteiger charge is -2.27. The molecule has 1 radical (unpaired) electrons. The number of benzene rings is 1. The predicted molar refractivity (Wildman–Crippen MR) is 65.3 cm³/mol. The third-order valence-electron chi connectivity index (χ3n) is 3.16. The predicted octanol–water partition coefficient (Wildman–Crippen LogP) is 2.69. The maximum atomic E-state index is 12.3. The maximum absolute atomic E-state index is 12.3. The van der Waals surface area contributed by atoms with Crippen molar-refractivity contribution in [1.29, 1.82) is 0 Å². The van der Waals surface area contributed by atoms with Crippen LogP contribution in [0.2, 0.25) is 0 Å². The number of piperidine rings is 1. The molecule has 2 rings (SSSR count). The summed E-state index contributed by atoms with van der Waals surface area (Å²) in [6.45, 7) is 5.69. The summed E-state index contributed by atoms with van der Waals surface area (Å²) < 4.78 is 0. The third-order valence-corrected chi connectivity index (χ3v) is 3.16. The van der Waals surface area contributed by atoms with E-state index in [0.29, 0.717) is 6.42 Å². The van der Waals surface area contributed by atoms with E-state index in [2.05, 4.69) is 6.92 Å². The minimum atomic E-state index is 0.180. The van der Waals surface area contributed by atoms with E-state index in [1.165, 1.54) is 6.42 Å². The van der Waals surface area contributed by atoms with Gasteiger partial charge in [0.05, 0.1) is 0 Å². The molecule has 0 aromatic heterocycles. The van der Waals surface area contributed by atoms with Crippen LogP contribution in [-0.2, 0) is 6.42 Å². The standard InChI is InChI=1S/C14H18NO/c1-2-12-8-4-5-9-13(12)14(16)15-10-6-3-7-11-15/h4-5,8-9H,1-3,6-7,10-11H2. The van der Waals surface area contributed by atoms with Crippen molar-refractivity contribution in [1.82, 2.24) is 4.90 Å². The van der Waals surface area contributed by atoms with E-state index in [9.17, 15) is 4.79 Å². The van der Waals surface area contributed by atoms with E-state index in [-0.39, 0.29) is 5.91 Å². The van der Waals surface area contributed by atoms with Crippen LogP contribution in [0.1, 0.15) is 35.2 Å². The van der Waals surface area contributed by atoms with Crippen LogP contribution < -0.4 is 0 Å². The number of carbonyl (C=O) groups excluding carboxylic acids is 1. The molecule has 0 spiro atoms. The zero-order valence-corrected chi connectivity index (χ0v) is 9.61. The Morgan fingerprint density at radius 3 is 2.56 bits per heavy atom. The highest BCUT2D eigenvalue weighted by atomic mass is 16.2. The first-order valence-electron chi connectivity index (χ1n) is 5.99. The number of likely N-dealkylation sites (tertiary alicyclic amines) is 1. The zero-order valence-electron chi connectivity index (χ0n) is 9.61. The van der Waals surface area contributed by atoms with Gasteiger partial charge in [-0.25, -0.2) is 0 Å². The molecule has 1 aromatic carbocycles. The van der Waals surface area contributed by atoms with Gasteiger partial charge in [0.15, 0.2) is 0 Å². The van der Waals surface area contributed by atoms with Crippen molar-refractivity contribution in [2.45, 2.75) is 25.7 Å². The quantitative estimate of drug-likeness (QED) is 0.744. The Bertz CT molecular complexity index is 367. The number of amides is 1. The van der Waals surface area contributed by atoms with Crippen LogP contribution in [0.3, 0.4) is 0 Å². The summed E-state index contributed by atoms with van der Waals surface area (Å²) >= 11 is 0. The molecule has 1 aliphatic heterocycles. The van der Waals surface area contributed by atoms with Gasteiger partial charge in [-0.1, -0.05) is 18.2 Å². The van der Waals surface area contributed by atoms with Gasteiger partial charge in [-0.15, -0.1) is 0 Å². The molecule has 0 bridgehead atoms. The summed E-state index contributed by atoms with van der Waals surface area (Å²) in [6, 6.07) is 7.80. The van der Waals surface area contributed by atoms with E-state index >= 15 is 0 Å². The van der Waals surface area contributed by atoms with E-state index in [4.69, 9.17) is 0 Å². The van der Waals surface area contributed by atoms with Crippen molar-refractivity contribution < 1.29 is 4.79 Å². The molecule has 1 fully saturated rings. The van der Waals surface area contributed by atoms with E-state index < -0.39 is 0 Å². The topological polar surface area (TPSA) is 20.3 Å². The minimum absolute atomic E-state index is 0.180. The molecule has 0 saturated carbocycles. The molecule has 1 saturated heterocycles. The van der Waals surface area contributed by atoms with Crippen LogP contribution in [0.5, 0.6) is 0 Å². The molecule has 1 aromatic rings. The summed E-state index contributed by atoms with van der Waals surface area (Å²) in [7, 11) is 0. The summed E-state index contributed by atoms with van der Waals surface area (Å²) in [5, 5.41) is 0. The van der Waals surface area contributed by atoms with Gasteiger partial charge in [0, 0.05) is 18.7 Å². The third kappa shape index (κ3) is 2.26. The van der Waals surface area contributed by atoms with Crippen molar-refractivity contribution in [3.8, 4) is 0 Å². The highest BCUT2D eigenvalue weighted by Crippen LogP contribution is 2.16. The Balaban J connectivity index is 2.19. The largest absolute Gasteiger partial charge is 0.339 e. The zero-order chi connectivity index (χ0) is 11.4.